The second kappa shape index (κ2) is 10.9. The van der Waals surface area contributed by atoms with E-state index in [1.807, 2.05) is 0 Å². The summed E-state index contributed by atoms with van der Waals surface area (Å²) in [5.74, 6) is 0. The summed E-state index contributed by atoms with van der Waals surface area (Å²) in [5.41, 5.74) is 13.6. The molecule has 2 nitrogen and oxygen atoms in total. The Labute approximate surface area is 202 Å². The zero-order valence-electron chi connectivity index (χ0n) is 22.0. The van der Waals surface area contributed by atoms with E-state index in [9.17, 15) is 0 Å². The van der Waals surface area contributed by atoms with Crippen LogP contribution in [0.15, 0.2) is 48.5 Å². The second-order valence-corrected chi connectivity index (χ2v) is 8.99. The van der Waals surface area contributed by atoms with Crippen molar-refractivity contribution in [1.82, 2.24) is 0 Å². The number of rotatable bonds is 9. The average Bonchev–Trinajstić information content (AvgIpc) is 2.81. The van der Waals surface area contributed by atoms with E-state index in [2.05, 4.69) is 114 Å². The molecule has 0 aliphatic carbocycles. The maximum atomic E-state index is 2.42. The molecule has 0 aliphatic heterocycles. The van der Waals surface area contributed by atoms with Crippen LogP contribution in [0, 0.1) is 20.8 Å². The topological polar surface area (TPSA) is 6.48 Å². The number of hydrogen-bond donors (Lipinski definition) is 0. The van der Waals surface area contributed by atoms with Gasteiger partial charge in [-0.2, -0.15) is 0 Å². The van der Waals surface area contributed by atoms with E-state index in [-0.39, 0.29) is 0 Å². The molecule has 0 unspecified atom stereocenters. The minimum atomic E-state index is 1.02. The monoisotopic (exact) mass is 442 g/mol. The summed E-state index contributed by atoms with van der Waals surface area (Å²) < 4.78 is 0. The predicted molar refractivity (Wildman–Crippen MR) is 148 cm³/mol. The smallest absolute Gasteiger partial charge is 0.0369 e. The lowest BCUT2D eigenvalue weighted by Crippen LogP contribution is -2.21. The van der Waals surface area contributed by atoms with Crippen molar-refractivity contribution in [1.29, 1.82) is 0 Å². The van der Waals surface area contributed by atoms with Gasteiger partial charge in [-0.05, 0) is 124 Å². The molecule has 0 amide bonds. The van der Waals surface area contributed by atoms with Gasteiger partial charge in [-0.15, -0.1) is 0 Å². The first-order valence-corrected chi connectivity index (χ1v) is 12.7. The van der Waals surface area contributed by atoms with Crippen LogP contribution in [0.3, 0.4) is 0 Å². The van der Waals surface area contributed by atoms with Crippen molar-refractivity contribution in [2.24, 2.45) is 0 Å². The van der Waals surface area contributed by atoms with Crippen LogP contribution < -0.4 is 9.80 Å². The van der Waals surface area contributed by atoms with Gasteiger partial charge in [0, 0.05) is 37.6 Å². The second-order valence-electron chi connectivity index (χ2n) is 8.99. The molecule has 3 rings (SSSR count). The van der Waals surface area contributed by atoms with Crippen molar-refractivity contribution >= 4 is 11.4 Å². The van der Waals surface area contributed by atoms with E-state index in [1.54, 1.807) is 0 Å². The Morgan fingerprint density at radius 3 is 1.36 bits per heavy atom. The van der Waals surface area contributed by atoms with E-state index in [1.165, 1.54) is 55.9 Å². The van der Waals surface area contributed by atoms with E-state index in [4.69, 9.17) is 0 Å². The van der Waals surface area contributed by atoms with Crippen LogP contribution in [0.2, 0.25) is 0 Å². The minimum absolute atomic E-state index is 1.02. The molecule has 0 saturated carbocycles. The molecule has 0 fully saturated rings. The fourth-order valence-electron chi connectivity index (χ4n) is 5.13. The highest BCUT2D eigenvalue weighted by atomic mass is 15.1. The molecule has 2 heteroatoms. The van der Waals surface area contributed by atoms with Gasteiger partial charge >= 0.3 is 0 Å². The van der Waals surface area contributed by atoms with Gasteiger partial charge in [0.05, 0.1) is 0 Å². The van der Waals surface area contributed by atoms with Gasteiger partial charge in [0.1, 0.15) is 0 Å². The maximum Gasteiger partial charge on any atom is 0.0369 e. The third-order valence-corrected chi connectivity index (χ3v) is 7.10. The van der Waals surface area contributed by atoms with Crippen molar-refractivity contribution < 1.29 is 0 Å². The molecule has 0 saturated heterocycles. The lowest BCUT2D eigenvalue weighted by atomic mass is 9.83. The number of hydrogen-bond acceptors (Lipinski definition) is 2. The largest absolute Gasteiger partial charge is 0.372 e. The molecule has 176 valence electrons. The molecule has 0 aliphatic rings. The molecule has 0 aromatic heterocycles. The third-order valence-electron chi connectivity index (χ3n) is 7.10. The SMILES string of the molecule is CCc1ccc(C)c(-c2ccc(N(CC)CC)cc2C)c1-c1ccc(N(CC)CC)cc1C. The molecule has 33 heavy (non-hydrogen) atoms. The Kier molecular flexibility index (Phi) is 8.24. The van der Waals surface area contributed by atoms with E-state index in [0.29, 0.717) is 0 Å². The molecule has 0 spiro atoms. The van der Waals surface area contributed by atoms with Crippen molar-refractivity contribution in [3.63, 3.8) is 0 Å². The first kappa shape index (κ1) is 24.9. The van der Waals surface area contributed by atoms with Crippen LogP contribution in [0.25, 0.3) is 22.3 Å². The normalized spacial score (nSPS) is 11.0. The molecule has 0 heterocycles. The van der Waals surface area contributed by atoms with E-state index >= 15 is 0 Å². The Morgan fingerprint density at radius 2 is 0.970 bits per heavy atom. The van der Waals surface area contributed by atoms with Crippen molar-refractivity contribution in [2.45, 2.75) is 61.8 Å². The Hall–Kier alpha value is -2.74. The zero-order chi connectivity index (χ0) is 24.1. The van der Waals surface area contributed by atoms with Crippen LogP contribution >= 0.6 is 0 Å². The highest BCUT2D eigenvalue weighted by Gasteiger charge is 2.18. The number of benzene rings is 3. The van der Waals surface area contributed by atoms with Gasteiger partial charge < -0.3 is 9.80 Å². The van der Waals surface area contributed by atoms with Crippen LogP contribution in [-0.4, -0.2) is 26.2 Å². The molecule has 3 aromatic carbocycles. The number of anilines is 2. The van der Waals surface area contributed by atoms with Gasteiger partial charge in [-0.1, -0.05) is 31.2 Å². The third kappa shape index (κ3) is 4.95. The average molecular weight is 443 g/mol. The summed E-state index contributed by atoms with van der Waals surface area (Å²) in [6.07, 6.45) is 1.02. The summed E-state index contributed by atoms with van der Waals surface area (Å²) >= 11 is 0. The van der Waals surface area contributed by atoms with Crippen molar-refractivity contribution in [3.8, 4) is 22.3 Å². The molecule has 0 N–H and O–H groups in total. The molecule has 0 radical (unpaired) electrons. The molecular weight excluding hydrogens is 400 g/mol. The summed E-state index contributed by atoms with van der Waals surface area (Å²) in [7, 11) is 0. The van der Waals surface area contributed by atoms with Gasteiger partial charge in [0.25, 0.3) is 0 Å². The molecule has 3 aromatic rings. The maximum absolute atomic E-state index is 2.42. The lowest BCUT2D eigenvalue weighted by molar-refractivity contribution is 0.865. The van der Waals surface area contributed by atoms with Crippen LogP contribution in [-0.2, 0) is 6.42 Å². The predicted octanol–water partition coefficient (Wildman–Crippen LogP) is 8.20. The van der Waals surface area contributed by atoms with Gasteiger partial charge in [-0.25, -0.2) is 0 Å². The van der Waals surface area contributed by atoms with Gasteiger partial charge in [-0.3, -0.25) is 0 Å². The highest BCUT2D eigenvalue weighted by Crippen LogP contribution is 2.42. The van der Waals surface area contributed by atoms with E-state index in [0.717, 1.165) is 32.6 Å². The number of aryl methyl sites for hydroxylation is 4. The lowest BCUT2D eigenvalue weighted by Gasteiger charge is -2.25. The van der Waals surface area contributed by atoms with Crippen LogP contribution in [0.1, 0.15) is 56.9 Å². The van der Waals surface area contributed by atoms with Crippen LogP contribution in [0.4, 0.5) is 11.4 Å². The number of nitrogens with zero attached hydrogens (tertiary/aromatic N) is 2. The zero-order valence-corrected chi connectivity index (χ0v) is 22.0. The summed E-state index contributed by atoms with van der Waals surface area (Å²) in [4.78, 5) is 4.84. The quantitative estimate of drug-likeness (QED) is 0.329. The molecular formula is C31H42N2. The van der Waals surface area contributed by atoms with Crippen molar-refractivity contribution in [3.05, 3.63) is 70.8 Å². The van der Waals surface area contributed by atoms with Gasteiger partial charge in [0.2, 0.25) is 0 Å². The fraction of sp³-hybridized carbons (Fsp3) is 0.419. The summed E-state index contributed by atoms with van der Waals surface area (Å²) in [6.45, 7) is 22.1. The standard InChI is InChI=1S/C31H42N2/c1-9-25-15-14-22(6)30(28-18-16-26(20-23(28)7)32(10-2)11-3)31(25)29-19-17-27(21-24(29)8)33(12-4)13-5/h14-21H,9-13H2,1-8H3. The fourth-order valence-corrected chi connectivity index (χ4v) is 5.13. The highest BCUT2D eigenvalue weighted by molar-refractivity contribution is 5.91. The Morgan fingerprint density at radius 1 is 0.515 bits per heavy atom. The first-order valence-electron chi connectivity index (χ1n) is 12.7. The molecule has 0 bridgehead atoms. The first-order chi connectivity index (χ1) is 15.9. The van der Waals surface area contributed by atoms with Crippen molar-refractivity contribution in [2.75, 3.05) is 36.0 Å². The summed E-state index contributed by atoms with van der Waals surface area (Å²) in [5, 5.41) is 0. The summed E-state index contributed by atoms with van der Waals surface area (Å²) in [6, 6.07) is 18.6. The van der Waals surface area contributed by atoms with E-state index < -0.39 is 0 Å². The molecule has 0 atom stereocenters. The van der Waals surface area contributed by atoms with Gasteiger partial charge in [0.15, 0.2) is 0 Å². The minimum Gasteiger partial charge on any atom is -0.372 e. The Bertz CT molecular complexity index is 1090. The van der Waals surface area contributed by atoms with Crippen LogP contribution in [0.5, 0.6) is 0 Å². The Balaban J connectivity index is 2.23.